The maximum atomic E-state index is 6.37. The summed E-state index contributed by atoms with van der Waals surface area (Å²) in [5.41, 5.74) is 4.41. The lowest BCUT2D eigenvalue weighted by atomic mass is 10.0. The van der Waals surface area contributed by atoms with Gasteiger partial charge in [-0.15, -0.1) is 0 Å². The lowest BCUT2D eigenvalue weighted by molar-refractivity contribution is 0.383. The van der Waals surface area contributed by atoms with Crippen LogP contribution in [0.25, 0.3) is 0 Å². The van der Waals surface area contributed by atoms with Crippen LogP contribution in [0, 0.1) is 13.8 Å². The first-order valence-electron chi connectivity index (χ1n) is 10.6. The summed E-state index contributed by atoms with van der Waals surface area (Å²) >= 11 is 13.4. The van der Waals surface area contributed by atoms with E-state index in [0.717, 1.165) is 27.1 Å². The molecule has 1 aliphatic heterocycles. The zero-order chi connectivity index (χ0) is 22.9. The van der Waals surface area contributed by atoms with Crippen molar-refractivity contribution in [3.05, 3.63) is 107 Å². The third kappa shape index (κ3) is 4.51. The zero-order valence-corrected chi connectivity index (χ0v) is 20.5. The number of furan rings is 1. The second kappa shape index (κ2) is 9.21. The molecule has 0 radical (unpaired) electrons. The van der Waals surface area contributed by atoms with Crippen molar-refractivity contribution >= 4 is 46.4 Å². The monoisotopic (exact) mass is 491 g/mol. The van der Waals surface area contributed by atoms with Gasteiger partial charge in [0.15, 0.2) is 10.2 Å². The summed E-state index contributed by atoms with van der Waals surface area (Å²) in [4.78, 5) is 7.80. The fourth-order valence-electron chi connectivity index (χ4n) is 3.96. The lowest BCUT2D eigenvalue weighted by Gasteiger charge is -2.26. The topological polar surface area (TPSA) is 41.3 Å². The van der Waals surface area contributed by atoms with Gasteiger partial charge in [-0.1, -0.05) is 35.5 Å². The predicted octanol–water partition coefficient (Wildman–Crippen LogP) is 7.27. The highest BCUT2D eigenvalue weighted by Crippen LogP contribution is 2.43. The van der Waals surface area contributed by atoms with E-state index in [-0.39, 0.29) is 12.1 Å². The number of pyridine rings is 1. The number of nitrogens with one attached hydrogen (secondary N) is 1. The van der Waals surface area contributed by atoms with E-state index in [1.807, 2.05) is 54.6 Å². The SMILES string of the molecule is Cc1ccc(N2C(=S)NC(c3ccccn3)C2c2ccc(Sc3ccc(Cl)cc3)o2)cc1C. The molecule has 1 saturated heterocycles. The van der Waals surface area contributed by atoms with Crippen molar-refractivity contribution in [1.29, 1.82) is 0 Å². The third-order valence-corrected chi connectivity index (χ3v) is 7.29. The Hall–Kier alpha value is -2.80. The fourth-order valence-corrected chi connectivity index (χ4v) is 5.21. The molecule has 4 nitrogen and oxygen atoms in total. The Morgan fingerprint density at radius 1 is 1.00 bits per heavy atom. The molecule has 2 unspecified atom stereocenters. The van der Waals surface area contributed by atoms with Gasteiger partial charge in [-0.05, 0) is 97.9 Å². The first-order chi connectivity index (χ1) is 16.0. The highest BCUT2D eigenvalue weighted by molar-refractivity contribution is 7.99. The number of aryl methyl sites for hydroxylation is 2. The smallest absolute Gasteiger partial charge is 0.174 e. The minimum Gasteiger partial charge on any atom is -0.452 e. The van der Waals surface area contributed by atoms with E-state index in [1.165, 1.54) is 11.1 Å². The van der Waals surface area contributed by atoms with Crippen molar-refractivity contribution in [3.63, 3.8) is 0 Å². The molecule has 3 heterocycles. The molecule has 2 aromatic heterocycles. The van der Waals surface area contributed by atoms with Crippen molar-refractivity contribution in [1.82, 2.24) is 10.3 Å². The molecule has 0 aliphatic carbocycles. The van der Waals surface area contributed by atoms with Crippen molar-refractivity contribution < 1.29 is 4.42 Å². The van der Waals surface area contributed by atoms with Crippen LogP contribution in [0.15, 0.2) is 93.4 Å². The van der Waals surface area contributed by atoms with Crippen LogP contribution in [-0.4, -0.2) is 10.1 Å². The number of thiocarbonyl (C=S) groups is 1. The molecule has 2 aromatic carbocycles. The Balaban J connectivity index is 1.53. The number of aromatic nitrogens is 1. The van der Waals surface area contributed by atoms with Crippen LogP contribution in [0.1, 0.15) is 34.7 Å². The molecule has 2 atom stereocenters. The largest absolute Gasteiger partial charge is 0.452 e. The number of nitrogens with zero attached hydrogens (tertiary/aromatic N) is 2. The molecule has 5 rings (SSSR count). The van der Waals surface area contributed by atoms with E-state index in [4.69, 9.17) is 28.2 Å². The van der Waals surface area contributed by atoms with Gasteiger partial charge in [-0.2, -0.15) is 0 Å². The average molecular weight is 492 g/mol. The maximum Gasteiger partial charge on any atom is 0.174 e. The fraction of sp³-hybridized carbons (Fsp3) is 0.154. The molecular weight excluding hydrogens is 470 g/mol. The zero-order valence-electron chi connectivity index (χ0n) is 18.2. The molecule has 33 heavy (non-hydrogen) atoms. The lowest BCUT2D eigenvalue weighted by Crippen LogP contribution is -2.29. The Kier molecular flexibility index (Phi) is 6.15. The highest BCUT2D eigenvalue weighted by Gasteiger charge is 2.42. The van der Waals surface area contributed by atoms with Crippen molar-refractivity contribution in [2.75, 3.05) is 4.90 Å². The number of rotatable bonds is 5. The van der Waals surface area contributed by atoms with E-state index in [2.05, 4.69) is 47.2 Å². The maximum absolute atomic E-state index is 6.37. The molecule has 1 N–H and O–H groups in total. The molecular formula is C26H22ClN3OS2. The van der Waals surface area contributed by atoms with E-state index in [1.54, 1.807) is 18.0 Å². The highest BCUT2D eigenvalue weighted by atomic mass is 35.5. The second-order valence-electron chi connectivity index (χ2n) is 7.98. The number of benzene rings is 2. The van der Waals surface area contributed by atoms with Gasteiger partial charge in [0.2, 0.25) is 0 Å². The van der Waals surface area contributed by atoms with E-state index in [0.29, 0.717) is 10.1 Å². The minimum absolute atomic E-state index is 0.139. The second-order valence-corrected chi connectivity index (χ2v) is 9.88. The van der Waals surface area contributed by atoms with Crippen LogP contribution < -0.4 is 10.2 Å². The summed E-state index contributed by atoms with van der Waals surface area (Å²) in [6.45, 7) is 4.23. The number of hydrogen-bond acceptors (Lipinski definition) is 4. The summed E-state index contributed by atoms with van der Waals surface area (Å²) < 4.78 is 6.37. The molecule has 1 aliphatic rings. The van der Waals surface area contributed by atoms with Gasteiger partial charge < -0.3 is 14.6 Å². The molecule has 7 heteroatoms. The number of anilines is 1. The van der Waals surface area contributed by atoms with E-state index < -0.39 is 0 Å². The number of halogens is 1. The van der Waals surface area contributed by atoms with Gasteiger partial charge >= 0.3 is 0 Å². The van der Waals surface area contributed by atoms with Crippen molar-refractivity contribution in [3.8, 4) is 0 Å². The van der Waals surface area contributed by atoms with Crippen LogP contribution in [-0.2, 0) is 0 Å². The molecule has 1 fully saturated rings. The van der Waals surface area contributed by atoms with Crippen LogP contribution >= 0.6 is 35.6 Å². The first-order valence-corrected chi connectivity index (χ1v) is 12.2. The molecule has 166 valence electrons. The predicted molar refractivity (Wildman–Crippen MR) is 138 cm³/mol. The van der Waals surface area contributed by atoms with E-state index >= 15 is 0 Å². The Morgan fingerprint density at radius 3 is 2.55 bits per heavy atom. The normalized spacial score (nSPS) is 17.9. The minimum atomic E-state index is -0.172. The average Bonchev–Trinajstić information content (AvgIpc) is 3.42. The first kappa shape index (κ1) is 22.0. The molecule has 0 bridgehead atoms. The Labute approximate surface area is 208 Å². The molecule has 0 saturated carbocycles. The standard InChI is InChI=1S/C26H22ClN3OS2/c1-16-6-9-19(15-17(16)2)30-25(24(29-26(30)32)21-5-3-4-14-28-21)22-12-13-23(31-22)33-20-10-7-18(27)8-11-20/h3-15,24-25H,1-2H3,(H,29,32). The summed E-state index contributed by atoms with van der Waals surface area (Å²) in [6, 6.07) is 23.8. The van der Waals surface area contributed by atoms with Crippen LogP contribution in [0.2, 0.25) is 5.02 Å². The van der Waals surface area contributed by atoms with Gasteiger partial charge in [0, 0.05) is 21.8 Å². The van der Waals surface area contributed by atoms with Gasteiger partial charge in [0.05, 0.1) is 11.7 Å². The van der Waals surface area contributed by atoms with Gasteiger partial charge in [0.25, 0.3) is 0 Å². The molecule has 4 aromatic rings. The van der Waals surface area contributed by atoms with Gasteiger partial charge in [0.1, 0.15) is 11.8 Å². The number of hydrogen-bond donors (Lipinski definition) is 1. The summed E-state index contributed by atoms with van der Waals surface area (Å²) in [7, 11) is 0. The Bertz CT molecular complexity index is 1290. The Morgan fingerprint density at radius 2 is 1.82 bits per heavy atom. The van der Waals surface area contributed by atoms with Crippen molar-refractivity contribution in [2.45, 2.75) is 35.9 Å². The summed E-state index contributed by atoms with van der Waals surface area (Å²) in [5, 5.41) is 5.66. The molecule has 0 spiro atoms. The van der Waals surface area contributed by atoms with Gasteiger partial charge in [-0.25, -0.2) is 0 Å². The van der Waals surface area contributed by atoms with Crippen LogP contribution in [0.4, 0.5) is 5.69 Å². The van der Waals surface area contributed by atoms with E-state index in [9.17, 15) is 0 Å². The van der Waals surface area contributed by atoms with Crippen LogP contribution in [0.5, 0.6) is 0 Å². The summed E-state index contributed by atoms with van der Waals surface area (Å²) in [6.07, 6.45) is 1.81. The quantitative estimate of drug-likeness (QED) is 0.296. The molecule has 0 amide bonds. The summed E-state index contributed by atoms with van der Waals surface area (Å²) in [5.74, 6) is 0.827. The third-order valence-electron chi connectivity index (χ3n) is 5.79. The van der Waals surface area contributed by atoms with Gasteiger partial charge in [-0.3, -0.25) is 4.98 Å². The van der Waals surface area contributed by atoms with Crippen LogP contribution in [0.3, 0.4) is 0 Å². The van der Waals surface area contributed by atoms with Crippen molar-refractivity contribution in [2.24, 2.45) is 0 Å².